The third kappa shape index (κ3) is 4.68. The van der Waals surface area contributed by atoms with Crippen molar-refractivity contribution in [3.05, 3.63) is 10.9 Å². The van der Waals surface area contributed by atoms with Gasteiger partial charge < -0.3 is 20.9 Å². The van der Waals surface area contributed by atoms with Gasteiger partial charge in [0.2, 0.25) is 0 Å². The third-order valence-electron chi connectivity index (χ3n) is 2.85. The Kier molecular flexibility index (Phi) is 5.42. The van der Waals surface area contributed by atoms with Gasteiger partial charge in [-0.2, -0.15) is 0 Å². The molecule has 5 nitrogen and oxygen atoms in total. The van der Waals surface area contributed by atoms with Crippen LogP contribution in [0, 0.1) is 5.41 Å². The summed E-state index contributed by atoms with van der Waals surface area (Å²) in [5, 5.41) is 4.33. The van der Waals surface area contributed by atoms with E-state index >= 15 is 0 Å². The number of hydrogen-bond donors (Lipinski definition) is 2. The lowest BCUT2D eigenvalue weighted by Crippen LogP contribution is -2.34. The zero-order valence-electron chi connectivity index (χ0n) is 13.3. The van der Waals surface area contributed by atoms with Gasteiger partial charge in [0.25, 0.3) is 5.91 Å². The van der Waals surface area contributed by atoms with Crippen LogP contribution in [0.15, 0.2) is 6.07 Å². The van der Waals surface area contributed by atoms with Crippen molar-refractivity contribution >= 4 is 27.9 Å². The number of thiophene rings is 1. The summed E-state index contributed by atoms with van der Waals surface area (Å²) in [6, 6.07) is 1.84. The quantitative estimate of drug-likeness (QED) is 0.843. The number of amides is 1. The van der Waals surface area contributed by atoms with Crippen LogP contribution in [0.2, 0.25) is 0 Å². The fraction of sp³-hybridized carbons (Fsp3) is 0.643. The highest BCUT2D eigenvalue weighted by atomic mass is 32.1. The van der Waals surface area contributed by atoms with Crippen molar-refractivity contribution < 1.29 is 4.79 Å². The van der Waals surface area contributed by atoms with Gasteiger partial charge in [0.1, 0.15) is 4.88 Å². The molecule has 1 rings (SSSR count). The van der Waals surface area contributed by atoms with Gasteiger partial charge in [0.05, 0.1) is 10.7 Å². The van der Waals surface area contributed by atoms with Crippen molar-refractivity contribution in [3.63, 3.8) is 0 Å². The molecule has 0 aliphatic carbocycles. The molecule has 1 aromatic heterocycles. The minimum atomic E-state index is -0.0481. The molecule has 0 radical (unpaired) electrons. The van der Waals surface area contributed by atoms with E-state index in [1.807, 2.05) is 6.07 Å². The van der Waals surface area contributed by atoms with Crippen molar-refractivity contribution in [2.24, 2.45) is 5.41 Å². The summed E-state index contributed by atoms with van der Waals surface area (Å²) >= 11 is 1.41. The van der Waals surface area contributed by atoms with Crippen LogP contribution in [0.4, 0.5) is 10.7 Å². The highest BCUT2D eigenvalue weighted by Gasteiger charge is 2.20. The van der Waals surface area contributed by atoms with Gasteiger partial charge in [0.15, 0.2) is 0 Å². The number of anilines is 2. The van der Waals surface area contributed by atoms with Crippen LogP contribution in [-0.4, -0.2) is 57.0 Å². The third-order valence-corrected chi connectivity index (χ3v) is 3.94. The van der Waals surface area contributed by atoms with E-state index in [0.29, 0.717) is 10.6 Å². The van der Waals surface area contributed by atoms with Crippen LogP contribution in [0.1, 0.15) is 23.5 Å². The molecule has 0 saturated carbocycles. The molecule has 0 saturated heterocycles. The number of hydrogen-bond acceptors (Lipinski definition) is 5. The zero-order chi connectivity index (χ0) is 15.5. The number of nitrogens with zero attached hydrogens (tertiary/aromatic N) is 2. The van der Waals surface area contributed by atoms with Crippen LogP contribution in [-0.2, 0) is 0 Å². The number of carbonyl (C=O) groups excluding carboxylic acids is 1. The van der Waals surface area contributed by atoms with E-state index in [0.717, 1.165) is 18.1 Å². The van der Waals surface area contributed by atoms with Gasteiger partial charge in [-0.3, -0.25) is 4.79 Å². The molecule has 0 bridgehead atoms. The monoisotopic (exact) mass is 298 g/mol. The van der Waals surface area contributed by atoms with E-state index in [1.165, 1.54) is 11.3 Å². The Morgan fingerprint density at radius 1 is 1.35 bits per heavy atom. The van der Waals surface area contributed by atoms with Crippen molar-refractivity contribution in [2.45, 2.75) is 13.8 Å². The smallest absolute Gasteiger partial charge is 0.265 e. The minimum absolute atomic E-state index is 0.0481. The molecule has 20 heavy (non-hydrogen) atoms. The minimum Gasteiger partial charge on any atom is -0.397 e. The summed E-state index contributed by atoms with van der Waals surface area (Å²) in [7, 11) is 7.60. The molecule has 114 valence electrons. The molecule has 1 aromatic rings. The van der Waals surface area contributed by atoms with Crippen LogP contribution >= 0.6 is 11.3 Å². The number of nitrogens with one attached hydrogen (secondary N) is 1. The summed E-state index contributed by atoms with van der Waals surface area (Å²) in [6.45, 7) is 6.25. The van der Waals surface area contributed by atoms with Gasteiger partial charge >= 0.3 is 0 Å². The zero-order valence-corrected chi connectivity index (χ0v) is 14.1. The van der Waals surface area contributed by atoms with Crippen LogP contribution in [0.5, 0.6) is 0 Å². The summed E-state index contributed by atoms with van der Waals surface area (Å²) in [6.07, 6.45) is 0. The van der Waals surface area contributed by atoms with Gasteiger partial charge in [-0.25, -0.2) is 0 Å². The first kappa shape index (κ1) is 16.8. The lowest BCUT2D eigenvalue weighted by molar-refractivity contribution is 0.0833. The molecule has 0 atom stereocenters. The average molecular weight is 298 g/mol. The molecular formula is C14H26N4OS. The lowest BCUT2D eigenvalue weighted by atomic mass is 9.93. The Morgan fingerprint density at radius 2 is 1.95 bits per heavy atom. The summed E-state index contributed by atoms with van der Waals surface area (Å²) in [4.78, 5) is 16.3. The topological polar surface area (TPSA) is 61.6 Å². The Balaban J connectivity index is 2.71. The van der Waals surface area contributed by atoms with E-state index in [2.05, 4.69) is 38.2 Å². The van der Waals surface area contributed by atoms with E-state index in [-0.39, 0.29) is 11.3 Å². The maximum atomic E-state index is 11.9. The number of nitrogen functional groups attached to an aromatic ring is 1. The SMILES string of the molecule is CN(C)CC(C)(C)CNc1cc(N)c(C(=O)N(C)C)s1. The molecular weight excluding hydrogens is 272 g/mol. The Morgan fingerprint density at radius 3 is 2.45 bits per heavy atom. The van der Waals surface area contributed by atoms with E-state index in [9.17, 15) is 4.79 Å². The molecule has 0 unspecified atom stereocenters. The summed E-state index contributed by atoms with van der Waals surface area (Å²) < 4.78 is 0. The molecule has 0 spiro atoms. The molecule has 1 amide bonds. The van der Waals surface area contributed by atoms with E-state index in [4.69, 9.17) is 5.73 Å². The number of carbonyl (C=O) groups is 1. The first-order valence-corrected chi connectivity index (χ1v) is 7.43. The molecule has 0 aromatic carbocycles. The average Bonchev–Trinajstić information content (AvgIpc) is 2.65. The highest BCUT2D eigenvalue weighted by molar-refractivity contribution is 7.18. The first-order chi connectivity index (χ1) is 9.12. The largest absolute Gasteiger partial charge is 0.397 e. The van der Waals surface area contributed by atoms with Crippen LogP contribution in [0.3, 0.4) is 0 Å². The molecule has 0 aliphatic heterocycles. The second-order valence-corrected chi connectivity index (χ2v) is 7.40. The van der Waals surface area contributed by atoms with Crippen molar-refractivity contribution in [2.75, 3.05) is 52.3 Å². The maximum absolute atomic E-state index is 11.9. The molecule has 0 aliphatic rings. The fourth-order valence-electron chi connectivity index (χ4n) is 2.10. The number of nitrogens with two attached hydrogens (primary N) is 1. The maximum Gasteiger partial charge on any atom is 0.265 e. The Hall–Kier alpha value is -1.27. The van der Waals surface area contributed by atoms with E-state index < -0.39 is 0 Å². The van der Waals surface area contributed by atoms with Crippen molar-refractivity contribution in [1.82, 2.24) is 9.80 Å². The first-order valence-electron chi connectivity index (χ1n) is 6.62. The van der Waals surface area contributed by atoms with Gasteiger partial charge in [0, 0.05) is 27.2 Å². The lowest BCUT2D eigenvalue weighted by Gasteiger charge is -2.28. The van der Waals surface area contributed by atoms with Gasteiger partial charge in [-0.05, 0) is 25.6 Å². The molecule has 6 heteroatoms. The molecule has 3 N–H and O–H groups in total. The predicted molar refractivity (Wildman–Crippen MR) is 87.6 cm³/mol. The van der Waals surface area contributed by atoms with Crippen LogP contribution < -0.4 is 11.1 Å². The summed E-state index contributed by atoms with van der Waals surface area (Å²) in [5.41, 5.74) is 6.60. The Labute approximate surface area is 125 Å². The standard InChI is InChI=1S/C14H26N4OS/c1-14(2,9-17(3)4)8-16-11-7-10(15)12(20-11)13(19)18(5)6/h7,16H,8-9,15H2,1-6H3. The second kappa shape index (κ2) is 6.45. The molecule has 0 fully saturated rings. The Bertz CT molecular complexity index is 466. The number of rotatable bonds is 6. The second-order valence-electron chi connectivity index (χ2n) is 6.35. The summed E-state index contributed by atoms with van der Waals surface area (Å²) in [5.74, 6) is -0.0481. The van der Waals surface area contributed by atoms with E-state index in [1.54, 1.807) is 19.0 Å². The van der Waals surface area contributed by atoms with Gasteiger partial charge in [-0.1, -0.05) is 13.8 Å². The van der Waals surface area contributed by atoms with Crippen LogP contribution in [0.25, 0.3) is 0 Å². The fourth-order valence-corrected chi connectivity index (χ4v) is 3.10. The highest BCUT2D eigenvalue weighted by Crippen LogP contribution is 2.31. The van der Waals surface area contributed by atoms with Crippen molar-refractivity contribution in [1.29, 1.82) is 0 Å². The molecule has 1 heterocycles. The normalized spacial score (nSPS) is 11.8. The van der Waals surface area contributed by atoms with Gasteiger partial charge in [-0.15, -0.1) is 11.3 Å². The van der Waals surface area contributed by atoms with Crippen molar-refractivity contribution in [3.8, 4) is 0 Å². The predicted octanol–water partition coefficient (Wildman–Crippen LogP) is 2.03.